The maximum atomic E-state index is 12.7. The van der Waals surface area contributed by atoms with E-state index in [0.29, 0.717) is 23.3 Å². The first kappa shape index (κ1) is 15.8. The molecule has 0 saturated carbocycles. The smallest absolute Gasteiger partial charge is 0.246 e. The summed E-state index contributed by atoms with van der Waals surface area (Å²) in [5.74, 6) is 0.570. The number of nitrogens with two attached hydrogens (primary N) is 1. The molecule has 2 N–H and O–H groups in total. The first-order valence-corrected chi connectivity index (χ1v) is 8.69. The van der Waals surface area contributed by atoms with E-state index in [4.69, 9.17) is 10.5 Å². The van der Waals surface area contributed by atoms with E-state index in [0.717, 1.165) is 6.42 Å². The second-order valence-corrected chi connectivity index (χ2v) is 7.89. The van der Waals surface area contributed by atoms with Gasteiger partial charge < -0.3 is 10.5 Å². The van der Waals surface area contributed by atoms with Gasteiger partial charge in [0.2, 0.25) is 10.0 Å². The number of methoxy groups -OCH3 is 1. The van der Waals surface area contributed by atoms with E-state index < -0.39 is 10.0 Å². The third-order valence-corrected chi connectivity index (χ3v) is 6.05. The number of ether oxygens (including phenoxy) is 1. The fourth-order valence-electron chi connectivity index (χ4n) is 2.39. The quantitative estimate of drug-likeness (QED) is 0.886. The fraction of sp³-hybridized carbons (Fsp3) is 0.538. The Labute approximate surface area is 128 Å². The van der Waals surface area contributed by atoms with Crippen molar-refractivity contribution in [2.24, 2.45) is 11.7 Å². The zero-order valence-electron chi connectivity index (χ0n) is 11.5. The van der Waals surface area contributed by atoms with Gasteiger partial charge in [-0.3, -0.25) is 0 Å². The van der Waals surface area contributed by atoms with Crippen LogP contribution in [0.2, 0.25) is 0 Å². The molecule has 1 heterocycles. The van der Waals surface area contributed by atoms with Crippen LogP contribution in [0.3, 0.4) is 0 Å². The first-order chi connectivity index (χ1) is 9.36. The Morgan fingerprint density at radius 1 is 1.50 bits per heavy atom. The van der Waals surface area contributed by atoms with E-state index in [9.17, 15) is 8.42 Å². The molecule has 1 fully saturated rings. The molecule has 0 bridgehead atoms. The van der Waals surface area contributed by atoms with Crippen molar-refractivity contribution in [3.63, 3.8) is 0 Å². The molecular formula is C13H19BrN2O3S. The Bertz CT molecular complexity index is 589. The van der Waals surface area contributed by atoms with Crippen LogP contribution in [0.4, 0.5) is 0 Å². The Hall–Kier alpha value is -0.630. The van der Waals surface area contributed by atoms with Crippen molar-refractivity contribution in [3.8, 4) is 5.75 Å². The fourth-order valence-corrected chi connectivity index (χ4v) is 4.60. The number of benzene rings is 1. The summed E-state index contributed by atoms with van der Waals surface area (Å²) in [5.41, 5.74) is 5.87. The summed E-state index contributed by atoms with van der Waals surface area (Å²) in [5, 5.41) is 0. The van der Waals surface area contributed by atoms with Crippen molar-refractivity contribution in [3.05, 3.63) is 22.7 Å². The van der Waals surface area contributed by atoms with E-state index >= 15 is 0 Å². The predicted molar refractivity (Wildman–Crippen MR) is 81.2 cm³/mol. The second-order valence-electron chi connectivity index (χ2n) is 5.07. The minimum atomic E-state index is -3.55. The summed E-state index contributed by atoms with van der Waals surface area (Å²) >= 11 is 3.30. The maximum absolute atomic E-state index is 12.7. The minimum absolute atomic E-state index is 0.000366. The van der Waals surface area contributed by atoms with Crippen molar-refractivity contribution >= 4 is 26.0 Å². The van der Waals surface area contributed by atoms with E-state index in [2.05, 4.69) is 15.9 Å². The maximum Gasteiger partial charge on any atom is 0.246 e. The molecule has 0 amide bonds. The summed E-state index contributed by atoms with van der Waals surface area (Å²) in [6.07, 6.45) is 0.799. The summed E-state index contributed by atoms with van der Waals surface area (Å²) < 4.78 is 32.8. The second kappa shape index (κ2) is 6.01. The van der Waals surface area contributed by atoms with Gasteiger partial charge in [0.1, 0.15) is 10.6 Å². The predicted octanol–water partition coefficient (Wildman–Crippen LogP) is 1.82. The molecule has 7 heteroatoms. The number of hydrogen-bond acceptors (Lipinski definition) is 4. The molecule has 1 aromatic rings. The molecule has 2 rings (SSSR count). The van der Waals surface area contributed by atoms with Gasteiger partial charge in [0, 0.05) is 23.6 Å². The third-order valence-electron chi connectivity index (χ3n) is 3.67. The van der Waals surface area contributed by atoms with Crippen LogP contribution in [0.25, 0.3) is 0 Å². The minimum Gasteiger partial charge on any atom is -0.495 e. The van der Waals surface area contributed by atoms with Crippen molar-refractivity contribution in [2.45, 2.75) is 24.3 Å². The lowest BCUT2D eigenvalue weighted by Crippen LogP contribution is -2.33. The molecule has 1 saturated heterocycles. The van der Waals surface area contributed by atoms with Crippen LogP contribution in [0.15, 0.2) is 27.6 Å². The Balaban J connectivity index is 2.34. The zero-order valence-corrected chi connectivity index (χ0v) is 13.9. The zero-order chi connectivity index (χ0) is 14.9. The van der Waals surface area contributed by atoms with Gasteiger partial charge in [-0.2, -0.15) is 4.31 Å². The van der Waals surface area contributed by atoms with Gasteiger partial charge in [0.05, 0.1) is 7.11 Å². The molecule has 0 radical (unpaired) electrons. The average Bonchev–Trinajstić information content (AvgIpc) is 2.89. The molecule has 20 heavy (non-hydrogen) atoms. The monoisotopic (exact) mass is 362 g/mol. The molecule has 2 atom stereocenters. The first-order valence-electron chi connectivity index (χ1n) is 6.45. The van der Waals surface area contributed by atoms with Crippen molar-refractivity contribution in [1.82, 2.24) is 4.31 Å². The van der Waals surface area contributed by atoms with Gasteiger partial charge in [-0.1, -0.05) is 15.9 Å². The topological polar surface area (TPSA) is 72.6 Å². The lowest BCUT2D eigenvalue weighted by Gasteiger charge is -2.19. The van der Waals surface area contributed by atoms with Gasteiger partial charge in [0.25, 0.3) is 0 Å². The lowest BCUT2D eigenvalue weighted by atomic mass is 10.0. The highest BCUT2D eigenvalue weighted by molar-refractivity contribution is 9.10. The van der Waals surface area contributed by atoms with Crippen molar-refractivity contribution in [1.29, 1.82) is 0 Å². The molecule has 0 aromatic heterocycles. The summed E-state index contributed by atoms with van der Waals surface area (Å²) in [6.45, 7) is 2.89. The normalized spacial score (nSPS) is 21.9. The lowest BCUT2D eigenvalue weighted by molar-refractivity contribution is 0.395. The van der Waals surface area contributed by atoms with Gasteiger partial charge in [0.15, 0.2) is 0 Å². The van der Waals surface area contributed by atoms with E-state index in [1.54, 1.807) is 18.2 Å². The van der Waals surface area contributed by atoms with Crippen LogP contribution < -0.4 is 10.5 Å². The number of nitrogens with zero attached hydrogens (tertiary/aromatic N) is 1. The molecule has 2 unspecified atom stereocenters. The van der Waals surface area contributed by atoms with Crippen LogP contribution in [-0.4, -0.2) is 39.0 Å². The molecule has 112 valence electrons. The van der Waals surface area contributed by atoms with Crippen LogP contribution in [0, 0.1) is 5.92 Å². The number of rotatable bonds is 4. The van der Waals surface area contributed by atoms with Crippen LogP contribution in [0.5, 0.6) is 5.75 Å². The molecule has 5 nitrogen and oxygen atoms in total. The van der Waals surface area contributed by atoms with E-state index in [-0.39, 0.29) is 16.9 Å². The van der Waals surface area contributed by atoms with Crippen molar-refractivity contribution in [2.75, 3.05) is 20.2 Å². The van der Waals surface area contributed by atoms with Crippen LogP contribution in [-0.2, 0) is 10.0 Å². The summed E-state index contributed by atoms with van der Waals surface area (Å²) in [6, 6.07) is 4.98. The van der Waals surface area contributed by atoms with Gasteiger partial charge in [-0.15, -0.1) is 0 Å². The molecule has 0 spiro atoms. The summed E-state index contributed by atoms with van der Waals surface area (Å²) in [7, 11) is -2.08. The highest BCUT2D eigenvalue weighted by atomic mass is 79.9. The van der Waals surface area contributed by atoms with Crippen LogP contribution >= 0.6 is 15.9 Å². The molecular weight excluding hydrogens is 344 g/mol. The highest BCUT2D eigenvalue weighted by Gasteiger charge is 2.35. The Morgan fingerprint density at radius 2 is 2.20 bits per heavy atom. The molecule has 0 aliphatic carbocycles. The number of halogens is 1. The number of sulfonamides is 1. The SMILES string of the molecule is COc1ccc(Br)cc1S(=O)(=O)N1CCC(C(C)N)C1. The highest BCUT2D eigenvalue weighted by Crippen LogP contribution is 2.32. The van der Waals surface area contributed by atoms with Gasteiger partial charge in [-0.05, 0) is 37.5 Å². The van der Waals surface area contributed by atoms with Gasteiger partial charge in [-0.25, -0.2) is 8.42 Å². The third kappa shape index (κ3) is 3.00. The van der Waals surface area contributed by atoms with Crippen LogP contribution in [0.1, 0.15) is 13.3 Å². The average molecular weight is 363 g/mol. The largest absolute Gasteiger partial charge is 0.495 e. The van der Waals surface area contributed by atoms with Crippen molar-refractivity contribution < 1.29 is 13.2 Å². The molecule has 1 aliphatic heterocycles. The Kier molecular flexibility index (Phi) is 4.73. The standard InChI is InChI=1S/C13H19BrN2O3S/c1-9(15)10-5-6-16(8-10)20(17,18)13-7-11(14)3-4-12(13)19-2/h3-4,7,9-10H,5-6,8,15H2,1-2H3. The summed E-state index contributed by atoms with van der Waals surface area (Å²) in [4.78, 5) is 0.194. The molecule has 1 aromatic carbocycles. The van der Waals surface area contributed by atoms with E-state index in [1.165, 1.54) is 11.4 Å². The number of hydrogen-bond donors (Lipinski definition) is 1. The van der Waals surface area contributed by atoms with Gasteiger partial charge >= 0.3 is 0 Å². The molecule has 1 aliphatic rings. The Morgan fingerprint density at radius 3 is 2.75 bits per heavy atom. The van der Waals surface area contributed by atoms with E-state index in [1.807, 2.05) is 6.92 Å².